The van der Waals surface area contributed by atoms with E-state index < -0.39 is 0 Å². The normalized spacial score (nSPS) is 10.2. The Kier molecular flexibility index (Phi) is 2.13. The first-order valence-electron chi connectivity index (χ1n) is 4.40. The second-order valence-corrected chi connectivity index (χ2v) is 3.08. The molecule has 0 heterocycles. The molecule has 2 aromatic rings. The molecule has 0 atom stereocenters. The first-order chi connectivity index (χ1) is 6.40. The van der Waals surface area contributed by atoms with Crippen LogP contribution >= 0.6 is 0 Å². The molecule has 13 heavy (non-hydrogen) atoms. The zero-order valence-electron chi connectivity index (χ0n) is 7.46. The predicted molar refractivity (Wildman–Crippen MR) is 56.7 cm³/mol. The highest BCUT2D eigenvalue weighted by molar-refractivity contribution is 5.82. The molecule has 0 aromatic heterocycles. The molecule has 0 N–H and O–H groups in total. The van der Waals surface area contributed by atoms with Gasteiger partial charge in [-0.15, -0.1) is 6.58 Å². The van der Waals surface area contributed by atoms with Gasteiger partial charge in [-0.1, -0.05) is 42.5 Å². The van der Waals surface area contributed by atoms with Gasteiger partial charge in [0.25, 0.3) is 0 Å². The van der Waals surface area contributed by atoms with Crippen molar-refractivity contribution in [2.24, 2.45) is 0 Å². The quantitative estimate of drug-likeness (QED) is 0.601. The molecule has 0 heteroatoms. The third-order valence-corrected chi connectivity index (χ3v) is 2.11. The molecule has 0 saturated heterocycles. The van der Waals surface area contributed by atoms with E-state index in [0.29, 0.717) is 0 Å². The van der Waals surface area contributed by atoms with E-state index in [-0.39, 0.29) is 0 Å². The highest BCUT2D eigenvalue weighted by atomic mass is 14.0. The largest absolute Gasteiger partial charge is 0.103 e. The summed E-state index contributed by atoms with van der Waals surface area (Å²) in [4.78, 5) is 0. The van der Waals surface area contributed by atoms with Crippen molar-refractivity contribution in [2.75, 3.05) is 0 Å². The second-order valence-electron chi connectivity index (χ2n) is 3.08. The zero-order chi connectivity index (χ0) is 9.10. The van der Waals surface area contributed by atoms with Crippen LogP contribution in [0.3, 0.4) is 0 Å². The van der Waals surface area contributed by atoms with Gasteiger partial charge in [0.15, 0.2) is 0 Å². The minimum atomic E-state index is 0.935. The Bertz CT molecular complexity index is 427. The van der Waals surface area contributed by atoms with E-state index in [1.165, 1.54) is 16.3 Å². The standard InChI is InChI=1S/C13H11/c1-2-5-11-8-9-12-6-3-4-7-13(12)10-11/h2-4,7-10H,1,5H2. The summed E-state index contributed by atoms with van der Waals surface area (Å²) in [5.41, 5.74) is 1.31. The van der Waals surface area contributed by atoms with Gasteiger partial charge < -0.3 is 0 Å². The van der Waals surface area contributed by atoms with E-state index in [2.05, 4.69) is 36.9 Å². The number of hydrogen-bond acceptors (Lipinski definition) is 0. The molecule has 2 aromatic carbocycles. The molecule has 0 aliphatic rings. The van der Waals surface area contributed by atoms with Gasteiger partial charge in [0, 0.05) is 0 Å². The lowest BCUT2D eigenvalue weighted by molar-refractivity contribution is 1.29. The van der Waals surface area contributed by atoms with E-state index in [1.807, 2.05) is 18.2 Å². The zero-order valence-corrected chi connectivity index (χ0v) is 7.46. The SMILES string of the molecule is C=CCc1ccc2[c]cccc2c1. The fraction of sp³-hybridized carbons (Fsp3) is 0.0769. The lowest BCUT2D eigenvalue weighted by Crippen LogP contribution is -1.80. The van der Waals surface area contributed by atoms with Crippen molar-refractivity contribution in [2.45, 2.75) is 6.42 Å². The Hall–Kier alpha value is -1.56. The summed E-state index contributed by atoms with van der Waals surface area (Å²) in [6, 6.07) is 15.7. The van der Waals surface area contributed by atoms with Gasteiger partial charge >= 0.3 is 0 Å². The fourth-order valence-electron chi connectivity index (χ4n) is 1.46. The van der Waals surface area contributed by atoms with Crippen LogP contribution in [0.15, 0.2) is 49.1 Å². The molecule has 63 valence electrons. The molecule has 2 rings (SSSR count). The third kappa shape index (κ3) is 1.62. The summed E-state index contributed by atoms with van der Waals surface area (Å²) < 4.78 is 0. The van der Waals surface area contributed by atoms with Crippen molar-refractivity contribution in [3.8, 4) is 0 Å². The summed E-state index contributed by atoms with van der Waals surface area (Å²) >= 11 is 0. The van der Waals surface area contributed by atoms with Gasteiger partial charge in [-0.3, -0.25) is 0 Å². The predicted octanol–water partition coefficient (Wildman–Crippen LogP) is 3.37. The van der Waals surface area contributed by atoms with E-state index in [1.54, 1.807) is 0 Å². The minimum absolute atomic E-state index is 0.935. The Balaban J connectivity index is 2.55. The van der Waals surface area contributed by atoms with Gasteiger partial charge in [-0.2, -0.15) is 0 Å². The van der Waals surface area contributed by atoms with Crippen molar-refractivity contribution in [1.82, 2.24) is 0 Å². The highest BCUT2D eigenvalue weighted by Gasteiger charge is 1.93. The lowest BCUT2D eigenvalue weighted by atomic mass is 10.1. The van der Waals surface area contributed by atoms with Crippen molar-refractivity contribution in [3.05, 3.63) is 60.7 Å². The molecule has 0 amide bonds. The molecule has 0 bridgehead atoms. The smallest absolute Gasteiger partial charge is 0.00992 e. The fourth-order valence-corrected chi connectivity index (χ4v) is 1.46. The topological polar surface area (TPSA) is 0 Å². The molecule has 0 aliphatic carbocycles. The first kappa shape index (κ1) is 8.06. The first-order valence-corrected chi connectivity index (χ1v) is 4.40. The molecule has 0 saturated carbocycles. The van der Waals surface area contributed by atoms with Crippen LogP contribution in [0.4, 0.5) is 0 Å². The van der Waals surface area contributed by atoms with Crippen LogP contribution in [-0.2, 0) is 6.42 Å². The van der Waals surface area contributed by atoms with Gasteiger partial charge in [0.2, 0.25) is 0 Å². The molecule has 0 aliphatic heterocycles. The summed E-state index contributed by atoms with van der Waals surface area (Å²) in [5.74, 6) is 0. The van der Waals surface area contributed by atoms with Crippen LogP contribution in [0, 0.1) is 6.07 Å². The van der Waals surface area contributed by atoms with Crippen LogP contribution in [0.2, 0.25) is 0 Å². The number of hydrogen-bond donors (Lipinski definition) is 0. The van der Waals surface area contributed by atoms with Gasteiger partial charge in [-0.25, -0.2) is 0 Å². The maximum atomic E-state index is 3.73. The van der Waals surface area contributed by atoms with Crippen molar-refractivity contribution in [3.63, 3.8) is 0 Å². The van der Waals surface area contributed by atoms with Crippen LogP contribution < -0.4 is 0 Å². The Morgan fingerprint density at radius 2 is 2.23 bits per heavy atom. The lowest BCUT2D eigenvalue weighted by Gasteiger charge is -1.99. The van der Waals surface area contributed by atoms with E-state index in [4.69, 9.17) is 0 Å². The Labute approximate surface area is 78.5 Å². The van der Waals surface area contributed by atoms with Crippen molar-refractivity contribution >= 4 is 10.8 Å². The Morgan fingerprint density at radius 1 is 1.31 bits per heavy atom. The number of fused-ring (bicyclic) bond motifs is 1. The van der Waals surface area contributed by atoms with Crippen molar-refractivity contribution in [1.29, 1.82) is 0 Å². The number of benzene rings is 2. The van der Waals surface area contributed by atoms with E-state index in [0.717, 1.165) is 6.42 Å². The van der Waals surface area contributed by atoms with E-state index in [9.17, 15) is 0 Å². The number of rotatable bonds is 2. The molecular formula is C13H11. The molecule has 0 spiro atoms. The third-order valence-electron chi connectivity index (χ3n) is 2.11. The average molecular weight is 167 g/mol. The van der Waals surface area contributed by atoms with Crippen LogP contribution in [0.25, 0.3) is 10.8 Å². The van der Waals surface area contributed by atoms with Gasteiger partial charge in [0.1, 0.15) is 0 Å². The van der Waals surface area contributed by atoms with Crippen LogP contribution in [0.5, 0.6) is 0 Å². The van der Waals surface area contributed by atoms with E-state index >= 15 is 0 Å². The van der Waals surface area contributed by atoms with Crippen molar-refractivity contribution < 1.29 is 0 Å². The molecule has 0 unspecified atom stereocenters. The molecule has 0 nitrogen and oxygen atoms in total. The summed E-state index contributed by atoms with van der Waals surface area (Å²) in [6.07, 6.45) is 2.86. The average Bonchev–Trinajstić information content (AvgIpc) is 2.18. The molecule has 1 radical (unpaired) electrons. The van der Waals surface area contributed by atoms with Crippen LogP contribution in [0.1, 0.15) is 5.56 Å². The second kappa shape index (κ2) is 3.44. The summed E-state index contributed by atoms with van der Waals surface area (Å²) in [5, 5.41) is 2.43. The highest BCUT2D eigenvalue weighted by Crippen LogP contribution is 2.15. The maximum Gasteiger partial charge on any atom is -0.00992 e. The monoisotopic (exact) mass is 167 g/mol. The minimum Gasteiger partial charge on any atom is -0.103 e. The summed E-state index contributed by atoms with van der Waals surface area (Å²) in [7, 11) is 0. The molecular weight excluding hydrogens is 156 g/mol. The maximum absolute atomic E-state index is 3.73. The van der Waals surface area contributed by atoms with Gasteiger partial charge in [-0.05, 0) is 28.8 Å². The van der Waals surface area contributed by atoms with Crippen LogP contribution in [-0.4, -0.2) is 0 Å². The number of allylic oxidation sites excluding steroid dienone is 1. The van der Waals surface area contributed by atoms with Gasteiger partial charge in [0.05, 0.1) is 0 Å². The Morgan fingerprint density at radius 3 is 3.08 bits per heavy atom. The summed E-state index contributed by atoms with van der Waals surface area (Å²) in [6.45, 7) is 3.73. The molecule has 0 fully saturated rings.